The molecule has 0 bridgehead atoms. The second-order valence-corrected chi connectivity index (χ2v) is 5.00. The molecule has 0 aliphatic carbocycles. The molecule has 19 heavy (non-hydrogen) atoms. The smallest absolute Gasteiger partial charge is 0.313 e. The first-order valence-corrected chi connectivity index (χ1v) is 5.73. The largest absolute Gasteiger partial charge is 0.469 e. The molecule has 0 unspecified atom stereocenters. The third-order valence-electron chi connectivity index (χ3n) is 2.97. The lowest BCUT2D eigenvalue weighted by Crippen LogP contribution is -2.30. The molecule has 2 aromatic rings. The Hall–Kier alpha value is -1.98. The molecule has 1 aromatic heterocycles. The molecule has 2 rings (SSSR count). The second-order valence-electron chi connectivity index (χ2n) is 5.00. The van der Waals surface area contributed by atoms with Gasteiger partial charge < -0.3 is 9.30 Å². The van der Waals surface area contributed by atoms with Crippen molar-refractivity contribution in [2.45, 2.75) is 20.4 Å². The zero-order chi connectivity index (χ0) is 14.2. The van der Waals surface area contributed by atoms with Gasteiger partial charge in [-0.3, -0.25) is 4.79 Å². The number of fused-ring (bicyclic) bond motifs is 1. The van der Waals surface area contributed by atoms with E-state index in [2.05, 4.69) is 4.98 Å². The highest BCUT2D eigenvalue weighted by Crippen LogP contribution is 2.24. The Morgan fingerprint density at radius 1 is 1.37 bits per heavy atom. The minimum Gasteiger partial charge on any atom is -0.469 e. The van der Waals surface area contributed by atoms with Crippen LogP contribution in [0.3, 0.4) is 0 Å². The van der Waals surface area contributed by atoms with Crippen LogP contribution in [-0.4, -0.2) is 22.6 Å². The standard InChI is InChI=1S/C13H14F2N2O2/c1-13(2,12(18)19-3)6-17-7-16-10-4-8(14)9(15)5-11(10)17/h4-5,7H,6H2,1-3H3. The average Bonchev–Trinajstić information content (AvgIpc) is 2.71. The predicted molar refractivity (Wildman–Crippen MR) is 65.4 cm³/mol. The van der Waals surface area contributed by atoms with Crippen LogP contribution >= 0.6 is 0 Å². The number of methoxy groups -OCH3 is 1. The number of nitrogens with zero attached hydrogens (tertiary/aromatic N) is 2. The Bertz CT molecular complexity index is 635. The molecule has 1 aromatic carbocycles. The number of benzene rings is 1. The lowest BCUT2D eigenvalue weighted by molar-refractivity contribution is -0.151. The van der Waals surface area contributed by atoms with Gasteiger partial charge >= 0.3 is 5.97 Å². The van der Waals surface area contributed by atoms with Crippen molar-refractivity contribution in [2.75, 3.05) is 7.11 Å². The molecule has 0 radical (unpaired) electrons. The van der Waals surface area contributed by atoms with Crippen molar-refractivity contribution in [1.29, 1.82) is 0 Å². The van der Waals surface area contributed by atoms with Crippen LogP contribution in [0.4, 0.5) is 8.78 Å². The summed E-state index contributed by atoms with van der Waals surface area (Å²) in [6.45, 7) is 3.69. The number of hydrogen-bond donors (Lipinski definition) is 0. The molecule has 0 aliphatic rings. The second kappa shape index (κ2) is 4.60. The molecule has 0 N–H and O–H groups in total. The topological polar surface area (TPSA) is 44.1 Å². The van der Waals surface area contributed by atoms with E-state index in [9.17, 15) is 13.6 Å². The molecule has 0 fully saturated rings. The summed E-state index contributed by atoms with van der Waals surface area (Å²) in [5.74, 6) is -2.26. The first-order valence-electron chi connectivity index (χ1n) is 5.73. The molecule has 0 atom stereocenters. The van der Waals surface area contributed by atoms with Gasteiger partial charge in [0.05, 0.1) is 29.9 Å². The molecular formula is C13H14F2N2O2. The van der Waals surface area contributed by atoms with E-state index in [1.165, 1.54) is 13.4 Å². The fourth-order valence-electron chi connectivity index (χ4n) is 1.95. The lowest BCUT2D eigenvalue weighted by atomic mass is 9.93. The molecule has 0 amide bonds. The lowest BCUT2D eigenvalue weighted by Gasteiger charge is -2.22. The number of carbonyl (C=O) groups is 1. The van der Waals surface area contributed by atoms with Gasteiger partial charge in [-0.25, -0.2) is 13.8 Å². The van der Waals surface area contributed by atoms with Crippen LogP contribution in [0.25, 0.3) is 11.0 Å². The third kappa shape index (κ3) is 2.43. The Balaban J connectivity index is 2.42. The molecule has 0 saturated heterocycles. The van der Waals surface area contributed by atoms with Gasteiger partial charge in [0.25, 0.3) is 0 Å². The molecule has 1 heterocycles. The van der Waals surface area contributed by atoms with Crippen LogP contribution in [0.1, 0.15) is 13.8 Å². The molecular weight excluding hydrogens is 254 g/mol. The maximum absolute atomic E-state index is 13.3. The quantitative estimate of drug-likeness (QED) is 0.803. The van der Waals surface area contributed by atoms with Crippen molar-refractivity contribution in [3.63, 3.8) is 0 Å². The Labute approximate surface area is 109 Å². The van der Waals surface area contributed by atoms with Gasteiger partial charge in [-0.2, -0.15) is 0 Å². The first-order chi connectivity index (χ1) is 8.85. The van der Waals surface area contributed by atoms with E-state index < -0.39 is 17.0 Å². The summed E-state index contributed by atoms with van der Waals surface area (Å²) in [4.78, 5) is 15.6. The molecule has 0 aliphatic heterocycles. The van der Waals surface area contributed by atoms with Crippen LogP contribution in [0.2, 0.25) is 0 Å². The Morgan fingerprint density at radius 2 is 2.00 bits per heavy atom. The highest BCUT2D eigenvalue weighted by Gasteiger charge is 2.29. The molecule has 6 heteroatoms. The first kappa shape index (κ1) is 13.5. The Morgan fingerprint density at radius 3 is 2.63 bits per heavy atom. The number of aromatic nitrogens is 2. The highest BCUT2D eigenvalue weighted by molar-refractivity contribution is 5.78. The van der Waals surface area contributed by atoms with Gasteiger partial charge in [-0.05, 0) is 13.8 Å². The summed E-state index contributed by atoms with van der Waals surface area (Å²) in [6.07, 6.45) is 1.45. The van der Waals surface area contributed by atoms with E-state index in [0.717, 1.165) is 12.1 Å². The van der Waals surface area contributed by atoms with E-state index >= 15 is 0 Å². The maximum Gasteiger partial charge on any atom is 0.313 e. The number of halogens is 2. The number of carbonyl (C=O) groups excluding carboxylic acids is 1. The minimum absolute atomic E-state index is 0.265. The summed E-state index contributed by atoms with van der Waals surface area (Å²) in [7, 11) is 1.31. The van der Waals surface area contributed by atoms with Gasteiger partial charge in [-0.1, -0.05) is 0 Å². The third-order valence-corrected chi connectivity index (χ3v) is 2.97. The molecule has 102 valence electrons. The van der Waals surface area contributed by atoms with Crippen molar-refractivity contribution in [2.24, 2.45) is 5.41 Å². The normalized spacial score (nSPS) is 11.8. The number of ether oxygens (including phenoxy) is 1. The van der Waals surface area contributed by atoms with Crippen LogP contribution in [0, 0.1) is 17.0 Å². The van der Waals surface area contributed by atoms with Gasteiger partial charge in [0.2, 0.25) is 0 Å². The van der Waals surface area contributed by atoms with Crippen molar-refractivity contribution < 1.29 is 18.3 Å². The summed E-state index contributed by atoms with van der Waals surface area (Å²) in [6, 6.07) is 2.11. The number of esters is 1. The van der Waals surface area contributed by atoms with Crippen molar-refractivity contribution in [1.82, 2.24) is 9.55 Å². The zero-order valence-electron chi connectivity index (χ0n) is 10.9. The summed E-state index contributed by atoms with van der Waals surface area (Å²) in [5.41, 5.74) is 0.00297. The van der Waals surface area contributed by atoms with Crippen LogP contribution in [0.5, 0.6) is 0 Å². The predicted octanol–water partition coefficient (Wildman–Crippen LogP) is 2.51. The van der Waals surface area contributed by atoms with Crippen molar-refractivity contribution >= 4 is 17.0 Å². The van der Waals surface area contributed by atoms with Crippen molar-refractivity contribution in [3.8, 4) is 0 Å². The van der Waals surface area contributed by atoms with Gasteiger partial charge in [0.1, 0.15) is 0 Å². The number of imidazole rings is 1. The average molecular weight is 268 g/mol. The van der Waals surface area contributed by atoms with E-state index in [0.29, 0.717) is 11.0 Å². The van der Waals surface area contributed by atoms with Gasteiger partial charge in [0, 0.05) is 18.7 Å². The van der Waals surface area contributed by atoms with E-state index in [1.807, 2.05) is 0 Å². The SMILES string of the molecule is COC(=O)C(C)(C)Cn1cnc2cc(F)c(F)cc21. The number of hydrogen-bond acceptors (Lipinski definition) is 3. The van der Waals surface area contributed by atoms with Crippen molar-refractivity contribution in [3.05, 3.63) is 30.1 Å². The number of rotatable bonds is 3. The molecule has 4 nitrogen and oxygen atoms in total. The monoisotopic (exact) mass is 268 g/mol. The van der Waals surface area contributed by atoms with Crippen LogP contribution < -0.4 is 0 Å². The van der Waals surface area contributed by atoms with E-state index in [4.69, 9.17) is 4.74 Å². The fraction of sp³-hybridized carbons (Fsp3) is 0.385. The maximum atomic E-state index is 13.3. The van der Waals surface area contributed by atoms with Crippen LogP contribution in [0.15, 0.2) is 18.5 Å². The van der Waals surface area contributed by atoms with E-state index in [-0.39, 0.29) is 12.5 Å². The minimum atomic E-state index is -0.940. The van der Waals surface area contributed by atoms with Gasteiger partial charge in [-0.15, -0.1) is 0 Å². The van der Waals surface area contributed by atoms with Crippen LogP contribution in [-0.2, 0) is 16.1 Å². The fourth-order valence-corrected chi connectivity index (χ4v) is 1.95. The zero-order valence-corrected chi connectivity index (χ0v) is 10.9. The van der Waals surface area contributed by atoms with Gasteiger partial charge in [0.15, 0.2) is 11.6 Å². The highest BCUT2D eigenvalue weighted by atomic mass is 19.2. The molecule has 0 saturated carbocycles. The van der Waals surface area contributed by atoms with E-state index in [1.54, 1.807) is 18.4 Å². The summed E-state index contributed by atoms with van der Waals surface area (Å²) >= 11 is 0. The molecule has 0 spiro atoms. The Kier molecular flexibility index (Phi) is 3.26. The summed E-state index contributed by atoms with van der Waals surface area (Å²) in [5, 5.41) is 0. The summed E-state index contributed by atoms with van der Waals surface area (Å²) < 4.78 is 32.7.